The largest absolute Gasteiger partial charge is 0.481 e. The van der Waals surface area contributed by atoms with Crippen LogP contribution in [-0.4, -0.2) is 60.6 Å². The molecule has 1 saturated carbocycles. The first-order valence-corrected chi connectivity index (χ1v) is 13.5. The minimum Gasteiger partial charge on any atom is -0.481 e. The van der Waals surface area contributed by atoms with E-state index in [0.717, 1.165) is 42.6 Å². The first-order valence-electron chi connectivity index (χ1n) is 13.5. The summed E-state index contributed by atoms with van der Waals surface area (Å²) in [6, 6.07) is 15.5. The monoisotopic (exact) mass is 520 g/mol. The van der Waals surface area contributed by atoms with Gasteiger partial charge in [0.2, 0.25) is 0 Å². The molecule has 204 valence electrons. The Labute approximate surface area is 225 Å². The fourth-order valence-electron chi connectivity index (χ4n) is 5.76. The van der Waals surface area contributed by atoms with E-state index in [0.29, 0.717) is 30.5 Å². The molecule has 0 unspecified atom stereocenters. The number of hydrogen-bond donors (Lipinski definition) is 2. The Morgan fingerprint density at radius 1 is 1.05 bits per heavy atom. The highest BCUT2D eigenvalue weighted by atomic mass is 16.4. The third-order valence-corrected chi connectivity index (χ3v) is 8.25. The summed E-state index contributed by atoms with van der Waals surface area (Å²) in [6.07, 6.45) is 4.08. The van der Waals surface area contributed by atoms with Crippen LogP contribution in [0.15, 0.2) is 48.5 Å². The summed E-state index contributed by atoms with van der Waals surface area (Å²) in [5.41, 5.74) is 3.24. The van der Waals surface area contributed by atoms with Crippen molar-refractivity contribution in [1.82, 2.24) is 10.2 Å². The van der Waals surface area contributed by atoms with Crippen molar-refractivity contribution in [1.29, 1.82) is 0 Å². The molecule has 1 heterocycles. The molecule has 2 aliphatic rings. The molecule has 2 aromatic carbocycles. The molecule has 38 heavy (non-hydrogen) atoms. The molecule has 8 heteroatoms. The minimum atomic E-state index is -0.949. The van der Waals surface area contributed by atoms with Crippen LogP contribution in [0.2, 0.25) is 0 Å². The lowest BCUT2D eigenvalue weighted by molar-refractivity contribution is -0.136. The molecule has 2 fully saturated rings. The summed E-state index contributed by atoms with van der Waals surface area (Å²) in [7, 11) is 4.01. The molecular formula is C30H40N4O4. The third kappa shape index (κ3) is 5.95. The molecule has 2 N–H and O–H groups in total. The number of nitrogens with zero attached hydrogens (tertiary/aromatic N) is 3. The van der Waals surface area contributed by atoms with Crippen molar-refractivity contribution in [2.45, 2.75) is 58.0 Å². The van der Waals surface area contributed by atoms with E-state index in [2.05, 4.69) is 24.1 Å². The van der Waals surface area contributed by atoms with Crippen molar-refractivity contribution in [2.75, 3.05) is 37.0 Å². The number of hydrogen-bond acceptors (Lipinski definition) is 4. The van der Waals surface area contributed by atoms with Gasteiger partial charge in [-0.25, -0.2) is 4.79 Å². The Bertz CT molecular complexity index is 1140. The van der Waals surface area contributed by atoms with E-state index in [1.54, 1.807) is 12.1 Å². The maximum absolute atomic E-state index is 13.9. The van der Waals surface area contributed by atoms with Gasteiger partial charge in [0.1, 0.15) is 0 Å². The minimum absolute atomic E-state index is 0.0288. The summed E-state index contributed by atoms with van der Waals surface area (Å²) in [5.74, 6) is 0.0764. The SMILES string of the molecule is CC(C)C1CCC2(CC1)CN(c1ccc(N(C)C)cc1)C(=O)N2Cc1ccc(C(=O)NCCC(=O)O)cc1. The summed E-state index contributed by atoms with van der Waals surface area (Å²) in [4.78, 5) is 43.0. The average Bonchev–Trinajstić information content (AvgIpc) is 3.15. The Balaban J connectivity index is 1.53. The van der Waals surface area contributed by atoms with Crippen molar-refractivity contribution >= 4 is 29.3 Å². The highest BCUT2D eigenvalue weighted by Gasteiger charge is 2.51. The van der Waals surface area contributed by atoms with Crippen LogP contribution in [0.5, 0.6) is 0 Å². The number of anilines is 2. The molecule has 1 aliphatic carbocycles. The number of nitrogens with one attached hydrogen (secondary N) is 1. The second-order valence-electron chi connectivity index (χ2n) is 11.3. The maximum Gasteiger partial charge on any atom is 0.325 e. The van der Waals surface area contributed by atoms with Crippen molar-refractivity contribution in [3.63, 3.8) is 0 Å². The Hall–Kier alpha value is -3.55. The van der Waals surface area contributed by atoms with Gasteiger partial charge in [-0.2, -0.15) is 0 Å². The number of urea groups is 1. The Morgan fingerprint density at radius 3 is 2.24 bits per heavy atom. The van der Waals surface area contributed by atoms with Gasteiger partial charge in [-0.15, -0.1) is 0 Å². The lowest BCUT2D eigenvalue weighted by atomic mass is 9.72. The number of carbonyl (C=O) groups is 3. The van der Waals surface area contributed by atoms with Gasteiger partial charge in [0, 0.05) is 44.1 Å². The fourth-order valence-corrected chi connectivity index (χ4v) is 5.76. The molecule has 0 atom stereocenters. The van der Waals surface area contributed by atoms with Crippen LogP contribution < -0.4 is 15.1 Å². The van der Waals surface area contributed by atoms with E-state index in [4.69, 9.17) is 5.11 Å². The highest BCUT2D eigenvalue weighted by molar-refractivity contribution is 5.96. The predicted molar refractivity (Wildman–Crippen MR) is 150 cm³/mol. The normalized spacial score (nSPS) is 21.3. The van der Waals surface area contributed by atoms with Crippen LogP contribution in [0.25, 0.3) is 0 Å². The van der Waals surface area contributed by atoms with Crippen LogP contribution in [0.3, 0.4) is 0 Å². The molecule has 0 bridgehead atoms. The second kappa shape index (κ2) is 11.5. The zero-order valence-corrected chi connectivity index (χ0v) is 22.9. The third-order valence-electron chi connectivity index (χ3n) is 8.25. The van der Waals surface area contributed by atoms with Gasteiger partial charge in [-0.3, -0.25) is 14.5 Å². The van der Waals surface area contributed by atoms with Gasteiger partial charge in [-0.05, 0) is 79.5 Å². The number of amides is 3. The van der Waals surface area contributed by atoms with Gasteiger partial charge in [-0.1, -0.05) is 26.0 Å². The molecule has 0 aromatic heterocycles. The first kappa shape index (κ1) is 27.5. The van der Waals surface area contributed by atoms with E-state index in [1.165, 1.54) is 0 Å². The van der Waals surface area contributed by atoms with Crippen LogP contribution >= 0.6 is 0 Å². The van der Waals surface area contributed by atoms with Crippen molar-refractivity contribution in [3.05, 3.63) is 59.7 Å². The summed E-state index contributed by atoms with van der Waals surface area (Å²) < 4.78 is 0. The van der Waals surface area contributed by atoms with Crippen molar-refractivity contribution in [3.8, 4) is 0 Å². The smallest absolute Gasteiger partial charge is 0.325 e. The Morgan fingerprint density at radius 2 is 1.68 bits per heavy atom. The molecule has 0 radical (unpaired) electrons. The highest BCUT2D eigenvalue weighted by Crippen LogP contribution is 2.45. The van der Waals surface area contributed by atoms with Gasteiger partial charge in [0.15, 0.2) is 0 Å². The van der Waals surface area contributed by atoms with E-state index >= 15 is 0 Å². The number of rotatable bonds is 9. The lowest BCUT2D eigenvalue weighted by Crippen LogP contribution is -2.49. The molecule has 1 saturated heterocycles. The quantitative estimate of drug-likeness (QED) is 0.486. The lowest BCUT2D eigenvalue weighted by Gasteiger charge is -2.43. The van der Waals surface area contributed by atoms with E-state index < -0.39 is 5.97 Å². The van der Waals surface area contributed by atoms with E-state index in [1.807, 2.05) is 60.3 Å². The van der Waals surface area contributed by atoms with Gasteiger partial charge in [0.25, 0.3) is 5.91 Å². The van der Waals surface area contributed by atoms with Gasteiger partial charge in [0.05, 0.1) is 18.5 Å². The number of aliphatic carboxylic acids is 1. The standard InChI is InChI=1S/C30H40N4O4/c1-21(2)23-13-16-30(17-14-23)20-33(26-11-9-25(10-12-26)32(3)4)29(38)34(30)19-22-5-7-24(8-6-22)28(37)31-18-15-27(35)36/h5-12,21,23H,13-20H2,1-4H3,(H,31,37)(H,35,36). The van der Waals surface area contributed by atoms with Crippen LogP contribution in [0, 0.1) is 11.8 Å². The van der Waals surface area contributed by atoms with E-state index in [9.17, 15) is 14.4 Å². The van der Waals surface area contributed by atoms with E-state index in [-0.39, 0.29) is 30.4 Å². The molecule has 1 spiro atoms. The molecule has 3 amide bonds. The number of carbonyl (C=O) groups excluding carboxylic acids is 2. The molecule has 2 aromatic rings. The Kier molecular flexibility index (Phi) is 8.29. The summed E-state index contributed by atoms with van der Waals surface area (Å²) >= 11 is 0. The van der Waals surface area contributed by atoms with Crippen molar-refractivity contribution in [2.24, 2.45) is 11.8 Å². The molecule has 4 rings (SSSR count). The number of benzene rings is 2. The maximum atomic E-state index is 13.9. The predicted octanol–water partition coefficient (Wildman–Crippen LogP) is 4.98. The van der Waals surface area contributed by atoms with Crippen LogP contribution in [0.4, 0.5) is 16.2 Å². The van der Waals surface area contributed by atoms with Gasteiger partial charge >= 0.3 is 12.0 Å². The number of carboxylic acid groups (broad SMARTS) is 1. The summed E-state index contributed by atoms with van der Waals surface area (Å²) in [6.45, 7) is 5.83. The van der Waals surface area contributed by atoms with Crippen molar-refractivity contribution < 1.29 is 19.5 Å². The molecular weight excluding hydrogens is 480 g/mol. The number of carboxylic acids is 1. The zero-order chi connectivity index (χ0) is 27.4. The topological polar surface area (TPSA) is 93.2 Å². The van der Waals surface area contributed by atoms with Crippen LogP contribution in [-0.2, 0) is 11.3 Å². The van der Waals surface area contributed by atoms with Crippen LogP contribution in [0.1, 0.15) is 61.9 Å². The van der Waals surface area contributed by atoms with Gasteiger partial charge < -0.3 is 20.2 Å². The molecule has 8 nitrogen and oxygen atoms in total. The first-order chi connectivity index (χ1) is 18.1. The summed E-state index contributed by atoms with van der Waals surface area (Å²) in [5, 5.41) is 11.4. The second-order valence-corrected chi connectivity index (χ2v) is 11.3. The average molecular weight is 521 g/mol. The fraction of sp³-hybridized carbons (Fsp3) is 0.500. The molecule has 1 aliphatic heterocycles. The zero-order valence-electron chi connectivity index (χ0n) is 22.9.